The average molecular weight is 701 g/mol. The first-order chi connectivity index (χ1) is 22.3. The fourth-order valence-electron chi connectivity index (χ4n) is 7.58. The minimum Gasteiger partial charge on any atom is -0.490 e. The fourth-order valence-corrected chi connectivity index (χ4v) is 8.16. The van der Waals surface area contributed by atoms with Crippen LogP contribution in [-0.2, 0) is 21.0 Å². The molecule has 6 rings (SSSR count). The summed E-state index contributed by atoms with van der Waals surface area (Å²) in [5.41, 5.74) is 4.09. The summed E-state index contributed by atoms with van der Waals surface area (Å²) in [7, 11) is 0. The van der Waals surface area contributed by atoms with Crippen LogP contribution in [0.15, 0.2) is 81.6 Å². The number of allylic oxidation sites excluding steroid dienone is 4. The number of rotatable bonds is 9. The predicted octanol–water partition coefficient (Wildman–Crippen LogP) is 8.74. The Kier molecular flexibility index (Phi) is 8.85. The molecule has 0 bridgehead atoms. The zero-order valence-electron chi connectivity index (χ0n) is 27.7. The SMILES string of the molecule is CCOc1cc(C2C3=C(CC(C)(C)CC3=O)N(CCC(=O)O)C3=C2C(=O)CC(C)(C)C3)cc(Br)c1OCc1cccc2ccccc12. The van der Waals surface area contributed by atoms with Crippen molar-refractivity contribution in [3.63, 3.8) is 0 Å². The second kappa shape index (κ2) is 12.6. The zero-order valence-corrected chi connectivity index (χ0v) is 29.3. The molecule has 0 radical (unpaired) electrons. The van der Waals surface area contributed by atoms with Gasteiger partial charge in [0.25, 0.3) is 0 Å². The van der Waals surface area contributed by atoms with E-state index in [1.165, 1.54) is 0 Å². The van der Waals surface area contributed by atoms with E-state index in [2.05, 4.69) is 67.9 Å². The highest BCUT2D eigenvalue weighted by atomic mass is 79.9. The van der Waals surface area contributed by atoms with Gasteiger partial charge in [-0.25, -0.2) is 0 Å². The van der Waals surface area contributed by atoms with Gasteiger partial charge in [-0.15, -0.1) is 0 Å². The van der Waals surface area contributed by atoms with E-state index in [-0.39, 0.29) is 35.4 Å². The number of halogens is 1. The molecule has 0 atom stereocenters. The molecule has 0 unspecified atom stereocenters. The van der Waals surface area contributed by atoms with Gasteiger partial charge in [-0.05, 0) is 80.6 Å². The van der Waals surface area contributed by atoms with Gasteiger partial charge in [-0.3, -0.25) is 14.4 Å². The van der Waals surface area contributed by atoms with E-state index in [4.69, 9.17) is 9.47 Å². The molecule has 0 aromatic heterocycles. The van der Waals surface area contributed by atoms with Crippen LogP contribution >= 0.6 is 15.9 Å². The highest BCUT2D eigenvalue weighted by Gasteiger charge is 2.49. The van der Waals surface area contributed by atoms with Crippen molar-refractivity contribution >= 4 is 44.2 Å². The number of hydrogen-bond acceptors (Lipinski definition) is 6. The summed E-state index contributed by atoms with van der Waals surface area (Å²) in [6, 6.07) is 18.2. The standard InChI is InChI=1S/C39H42BrNO6/c1-6-46-32-17-25(16-27(40)37(32)47-22-24-12-9-11-23-10-7-8-13-26(23)24)34-35-28(18-38(2,3)20-30(35)42)41(15-14-33(44)45)29-19-39(4,5)21-31(43)36(29)34/h7-13,16-17,34H,6,14-15,18-22H2,1-5H3,(H,44,45). The Morgan fingerprint density at radius 2 is 1.51 bits per heavy atom. The third-order valence-corrected chi connectivity index (χ3v) is 10.1. The number of carbonyl (C=O) groups is 3. The number of ether oxygens (including phenoxy) is 2. The molecule has 3 aromatic carbocycles. The molecule has 246 valence electrons. The third-order valence-electron chi connectivity index (χ3n) is 9.49. The zero-order chi connectivity index (χ0) is 33.7. The molecule has 0 amide bonds. The number of Topliss-reactive ketones (excluding diaryl/α,β-unsaturated/α-hetero) is 2. The molecule has 0 spiro atoms. The normalized spacial score (nSPS) is 19.1. The van der Waals surface area contributed by atoms with Crippen molar-refractivity contribution in [1.29, 1.82) is 0 Å². The lowest BCUT2D eigenvalue weighted by Crippen LogP contribution is -2.45. The number of nitrogens with zero attached hydrogens (tertiary/aromatic N) is 1. The van der Waals surface area contributed by atoms with Crippen LogP contribution in [0.2, 0.25) is 0 Å². The molecule has 7 nitrogen and oxygen atoms in total. The van der Waals surface area contributed by atoms with Crippen molar-refractivity contribution in [2.45, 2.75) is 79.2 Å². The van der Waals surface area contributed by atoms with Gasteiger partial charge in [0.15, 0.2) is 23.1 Å². The molecule has 1 N–H and O–H groups in total. The van der Waals surface area contributed by atoms with E-state index in [1.807, 2.05) is 42.2 Å². The van der Waals surface area contributed by atoms with Crippen LogP contribution in [0, 0.1) is 10.8 Å². The first-order valence-electron chi connectivity index (χ1n) is 16.4. The number of carboxylic acid groups (broad SMARTS) is 1. The lowest BCUT2D eigenvalue weighted by Gasteiger charge is -2.49. The summed E-state index contributed by atoms with van der Waals surface area (Å²) < 4.78 is 13.3. The van der Waals surface area contributed by atoms with Crippen LogP contribution in [0.25, 0.3) is 10.8 Å². The lowest BCUT2D eigenvalue weighted by molar-refractivity contribution is -0.137. The number of carbonyl (C=O) groups excluding carboxylic acids is 2. The molecular weight excluding hydrogens is 658 g/mol. The smallest absolute Gasteiger partial charge is 0.305 e. The number of fused-ring (bicyclic) bond motifs is 1. The predicted molar refractivity (Wildman–Crippen MR) is 185 cm³/mol. The molecule has 0 saturated carbocycles. The molecule has 3 aliphatic rings. The van der Waals surface area contributed by atoms with E-state index in [1.54, 1.807) is 0 Å². The van der Waals surface area contributed by atoms with Crippen molar-refractivity contribution in [2.75, 3.05) is 13.2 Å². The fraction of sp³-hybridized carbons (Fsp3) is 0.410. The summed E-state index contributed by atoms with van der Waals surface area (Å²) in [5.74, 6) is -0.424. The van der Waals surface area contributed by atoms with Crippen LogP contribution in [0.4, 0.5) is 0 Å². The quantitative estimate of drug-likeness (QED) is 0.239. The minimum absolute atomic E-state index is 0.00359. The number of benzene rings is 3. The van der Waals surface area contributed by atoms with Crippen LogP contribution in [0.1, 0.15) is 83.8 Å². The monoisotopic (exact) mass is 699 g/mol. The Labute approximate surface area is 284 Å². The number of carboxylic acids is 1. The lowest BCUT2D eigenvalue weighted by atomic mass is 9.63. The highest BCUT2D eigenvalue weighted by molar-refractivity contribution is 9.10. The van der Waals surface area contributed by atoms with E-state index in [9.17, 15) is 19.5 Å². The van der Waals surface area contributed by atoms with E-state index < -0.39 is 11.9 Å². The molecule has 3 aromatic rings. The van der Waals surface area contributed by atoms with Crippen LogP contribution in [0.3, 0.4) is 0 Å². The first kappa shape index (κ1) is 33.0. The summed E-state index contributed by atoms with van der Waals surface area (Å²) in [4.78, 5) is 42.1. The van der Waals surface area contributed by atoms with Crippen LogP contribution in [-0.4, -0.2) is 40.7 Å². The van der Waals surface area contributed by atoms with Gasteiger partial charge >= 0.3 is 5.97 Å². The molecule has 2 aliphatic carbocycles. The Morgan fingerprint density at radius 3 is 2.13 bits per heavy atom. The Morgan fingerprint density at radius 1 is 0.894 bits per heavy atom. The second-order valence-corrected chi connectivity index (χ2v) is 15.4. The molecule has 0 fully saturated rings. The topological polar surface area (TPSA) is 93.1 Å². The summed E-state index contributed by atoms with van der Waals surface area (Å²) >= 11 is 3.77. The van der Waals surface area contributed by atoms with Gasteiger partial charge in [0, 0.05) is 47.8 Å². The van der Waals surface area contributed by atoms with Gasteiger partial charge < -0.3 is 19.5 Å². The van der Waals surface area contributed by atoms with Crippen LogP contribution in [0.5, 0.6) is 11.5 Å². The first-order valence-corrected chi connectivity index (χ1v) is 17.2. The largest absolute Gasteiger partial charge is 0.490 e. The van der Waals surface area contributed by atoms with E-state index in [0.717, 1.165) is 33.3 Å². The minimum atomic E-state index is -0.913. The number of ketones is 2. The van der Waals surface area contributed by atoms with Crippen molar-refractivity contribution in [3.8, 4) is 11.5 Å². The van der Waals surface area contributed by atoms with Crippen molar-refractivity contribution in [1.82, 2.24) is 4.90 Å². The number of aliphatic carboxylic acids is 1. The maximum Gasteiger partial charge on any atom is 0.305 e. The van der Waals surface area contributed by atoms with E-state index in [0.29, 0.717) is 66.0 Å². The van der Waals surface area contributed by atoms with Gasteiger partial charge in [0.05, 0.1) is 17.5 Å². The highest BCUT2D eigenvalue weighted by Crippen LogP contribution is 2.55. The summed E-state index contributed by atoms with van der Waals surface area (Å²) in [6.45, 7) is 11.1. The maximum atomic E-state index is 14.1. The second-order valence-electron chi connectivity index (χ2n) is 14.5. The van der Waals surface area contributed by atoms with Gasteiger partial charge in [-0.2, -0.15) is 0 Å². The summed E-state index contributed by atoms with van der Waals surface area (Å²) in [5, 5.41) is 11.9. The number of hydrogen-bond donors (Lipinski definition) is 1. The van der Waals surface area contributed by atoms with Gasteiger partial charge in [0.2, 0.25) is 0 Å². The van der Waals surface area contributed by atoms with Gasteiger partial charge in [-0.1, -0.05) is 70.2 Å². The Hall–Kier alpha value is -3.91. The summed E-state index contributed by atoms with van der Waals surface area (Å²) in [6.07, 6.45) is 1.83. The molecule has 0 saturated heterocycles. The molecular formula is C39H42BrNO6. The van der Waals surface area contributed by atoms with Crippen molar-refractivity contribution in [3.05, 3.63) is 92.7 Å². The molecule has 1 aliphatic heterocycles. The third kappa shape index (κ3) is 6.49. The van der Waals surface area contributed by atoms with Crippen molar-refractivity contribution < 1.29 is 29.0 Å². The van der Waals surface area contributed by atoms with E-state index >= 15 is 0 Å². The molecule has 47 heavy (non-hydrogen) atoms. The van der Waals surface area contributed by atoms with Crippen LogP contribution < -0.4 is 9.47 Å². The Bertz CT molecular complexity index is 1790. The Balaban J connectivity index is 1.48. The molecule has 1 heterocycles. The average Bonchev–Trinajstić information content (AvgIpc) is 2.98. The van der Waals surface area contributed by atoms with Crippen molar-refractivity contribution in [2.24, 2.45) is 10.8 Å². The molecule has 8 heteroatoms. The van der Waals surface area contributed by atoms with Gasteiger partial charge in [0.1, 0.15) is 6.61 Å². The maximum absolute atomic E-state index is 14.1.